The molecule has 5 heteroatoms. The van der Waals surface area contributed by atoms with Crippen LogP contribution in [0.4, 0.5) is 5.69 Å². The molecule has 0 unspecified atom stereocenters. The zero-order chi connectivity index (χ0) is 22.1. The average Bonchev–Trinajstić information content (AvgIpc) is 2.75. The van der Waals surface area contributed by atoms with E-state index >= 15 is 0 Å². The largest absolute Gasteiger partial charge is 0.496 e. The number of nitrogens with one attached hydrogen (secondary N) is 1. The predicted molar refractivity (Wildman–Crippen MR) is 123 cm³/mol. The molecule has 168 valence electrons. The van der Waals surface area contributed by atoms with Crippen molar-refractivity contribution in [3.8, 4) is 17.2 Å². The van der Waals surface area contributed by atoms with Crippen LogP contribution in [-0.2, 0) is 4.79 Å². The lowest BCUT2D eigenvalue weighted by molar-refractivity contribution is -0.121. The topological polar surface area (TPSA) is 56.8 Å². The van der Waals surface area contributed by atoms with E-state index in [1.54, 1.807) is 33.5 Å². The molecule has 1 N–H and O–H groups in total. The van der Waals surface area contributed by atoms with Crippen molar-refractivity contribution in [3.05, 3.63) is 23.3 Å². The van der Waals surface area contributed by atoms with Gasteiger partial charge in [-0.25, -0.2) is 0 Å². The highest BCUT2D eigenvalue weighted by Gasteiger charge is 2.33. The highest BCUT2D eigenvalue weighted by molar-refractivity contribution is 5.96. The number of ether oxygens (including phenoxy) is 3. The summed E-state index contributed by atoms with van der Waals surface area (Å²) >= 11 is 0. The Balaban J connectivity index is 2.18. The average molecular weight is 418 g/mol. The van der Waals surface area contributed by atoms with E-state index in [2.05, 4.69) is 26.1 Å². The van der Waals surface area contributed by atoms with Gasteiger partial charge in [-0.05, 0) is 39.0 Å². The van der Waals surface area contributed by atoms with E-state index in [4.69, 9.17) is 14.2 Å². The molecule has 2 atom stereocenters. The zero-order valence-corrected chi connectivity index (χ0v) is 19.6. The van der Waals surface area contributed by atoms with Gasteiger partial charge in [-0.3, -0.25) is 4.79 Å². The Kier molecular flexibility index (Phi) is 9.54. The van der Waals surface area contributed by atoms with Crippen molar-refractivity contribution in [2.24, 2.45) is 11.8 Å². The maximum absolute atomic E-state index is 13.4. The first kappa shape index (κ1) is 24.1. The minimum Gasteiger partial charge on any atom is -0.496 e. The van der Waals surface area contributed by atoms with Crippen LogP contribution in [0.25, 0.3) is 0 Å². The van der Waals surface area contributed by atoms with Gasteiger partial charge in [-0.1, -0.05) is 50.2 Å². The Hall–Kier alpha value is -2.17. The summed E-state index contributed by atoms with van der Waals surface area (Å²) in [7, 11) is 4.76. The molecule has 1 aromatic rings. The SMILES string of the molecule is CCCCCCC[C@@H]1CC(C)=C(C)C[C@H]1C(=O)Nc1c(OC)cc(OC)cc1OC. The van der Waals surface area contributed by atoms with E-state index in [-0.39, 0.29) is 11.8 Å². The van der Waals surface area contributed by atoms with Crippen LogP contribution in [0.15, 0.2) is 23.3 Å². The summed E-state index contributed by atoms with van der Waals surface area (Å²) in [5, 5.41) is 3.11. The van der Waals surface area contributed by atoms with Crippen LogP contribution in [0.1, 0.15) is 72.1 Å². The molecular formula is C25H39NO4. The van der Waals surface area contributed by atoms with Crippen molar-refractivity contribution >= 4 is 11.6 Å². The smallest absolute Gasteiger partial charge is 0.228 e. The molecule has 0 saturated heterocycles. The molecule has 0 heterocycles. The van der Waals surface area contributed by atoms with Crippen molar-refractivity contribution in [3.63, 3.8) is 0 Å². The van der Waals surface area contributed by atoms with E-state index in [0.29, 0.717) is 28.9 Å². The second kappa shape index (κ2) is 11.9. The maximum atomic E-state index is 13.4. The first-order chi connectivity index (χ1) is 14.4. The number of unbranched alkanes of at least 4 members (excludes halogenated alkanes) is 4. The summed E-state index contributed by atoms with van der Waals surface area (Å²) in [4.78, 5) is 13.4. The van der Waals surface area contributed by atoms with E-state index in [1.165, 1.54) is 43.3 Å². The molecule has 1 amide bonds. The molecule has 0 aliphatic heterocycles. The van der Waals surface area contributed by atoms with E-state index in [9.17, 15) is 4.79 Å². The summed E-state index contributed by atoms with van der Waals surface area (Å²) in [6.45, 7) is 6.60. The predicted octanol–water partition coefficient (Wildman–Crippen LogP) is 6.37. The Morgan fingerprint density at radius 3 is 2.10 bits per heavy atom. The van der Waals surface area contributed by atoms with Crippen molar-refractivity contribution in [2.75, 3.05) is 26.6 Å². The summed E-state index contributed by atoms with van der Waals surface area (Å²) in [6, 6.07) is 3.53. The van der Waals surface area contributed by atoms with Crippen LogP contribution in [0.3, 0.4) is 0 Å². The highest BCUT2D eigenvalue weighted by atomic mass is 16.5. The normalized spacial score (nSPS) is 18.9. The number of amides is 1. The van der Waals surface area contributed by atoms with E-state index in [1.807, 2.05) is 0 Å². The van der Waals surface area contributed by atoms with Gasteiger partial charge in [0.2, 0.25) is 5.91 Å². The molecule has 0 radical (unpaired) electrons. The lowest BCUT2D eigenvalue weighted by atomic mass is 9.74. The second-order valence-electron chi connectivity index (χ2n) is 8.43. The molecule has 1 aliphatic rings. The fourth-order valence-corrected chi connectivity index (χ4v) is 4.35. The Morgan fingerprint density at radius 2 is 1.53 bits per heavy atom. The molecule has 1 aliphatic carbocycles. The fraction of sp³-hybridized carbons (Fsp3) is 0.640. The maximum Gasteiger partial charge on any atom is 0.228 e. The fourth-order valence-electron chi connectivity index (χ4n) is 4.35. The number of anilines is 1. The molecule has 30 heavy (non-hydrogen) atoms. The molecule has 0 saturated carbocycles. The van der Waals surface area contributed by atoms with Crippen LogP contribution in [0, 0.1) is 11.8 Å². The number of methoxy groups -OCH3 is 3. The molecule has 1 aromatic carbocycles. The van der Waals surface area contributed by atoms with Crippen molar-refractivity contribution < 1.29 is 19.0 Å². The molecule has 2 rings (SSSR count). The standard InChI is InChI=1S/C25H39NO4/c1-7-8-9-10-11-12-19-13-17(2)18(3)14-21(19)25(27)26-24-22(29-5)15-20(28-4)16-23(24)30-6/h15-16,19,21H,7-14H2,1-6H3,(H,26,27)/t19-,21-/m1/s1. The van der Waals surface area contributed by atoms with Crippen LogP contribution in [-0.4, -0.2) is 27.2 Å². The van der Waals surface area contributed by atoms with Crippen LogP contribution < -0.4 is 19.5 Å². The Bertz CT molecular complexity index is 716. The third-order valence-electron chi connectivity index (χ3n) is 6.37. The Morgan fingerprint density at radius 1 is 0.933 bits per heavy atom. The second-order valence-corrected chi connectivity index (χ2v) is 8.43. The molecule has 0 bridgehead atoms. The minimum atomic E-state index is -0.0311. The van der Waals surface area contributed by atoms with Crippen molar-refractivity contribution in [2.45, 2.75) is 72.1 Å². The van der Waals surface area contributed by atoms with Gasteiger partial charge in [-0.2, -0.15) is 0 Å². The lowest BCUT2D eigenvalue weighted by Gasteiger charge is -2.32. The molecule has 5 nitrogen and oxygen atoms in total. The van der Waals surface area contributed by atoms with Crippen LogP contribution in [0.5, 0.6) is 17.2 Å². The first-order valence-corrected chi connectivity index (χ1v) is 11.2. The summed E-state index contributed by atoms with van der Waals surface area (Å²) in [5.74, 6) is 2.09. The number of carbonyl (C=O) groups is 1. The number of hydrogen-bond donors (Lipinski definition) is 1. The number of carbonyl (C=O) groups excluding carboxylic acids is 1. The van der Waals surface area contributed by atoms with Crippen LogP contribution in [0.2, 0.25) is 0 Å². The summed E-state index contributed by atoms with van der Waals surface area (Å²) in [6.07, 6.45) is 9.20. The van der Waals surface area contributed by atoms with Crippen molar-refractivity contribution in [1.82, 2.24) is 0 Å². The molecule has 0 aromatic heterocycles. The highest BCUT2D eigenvalue weighted by Crippen LogP contribution is 2.42. The lowest BCUT2D eigenvalue weighted by Crippen LogP contribution is -2.32. The monoisotopic (exact) mass is 417 g/mol. The minimum absolute atomic E-state index is 0.0311. The van der Waals surface area contributed by atoms with Gasteiger partial charge < -0.3 is 19.5 Å². The summed E-state index contributed by atoms with van der Waals surface area (Å²) in [5.41, 5.74) is 3.35. The van der Waals surface area contributed by atoms with Crippen LogP contribution >= 0.6 is 0 Å². The van der Waals surface area contributed by atoms with Gasteiger partial charge in [0.05, 0.1) is 21.3 Å². The first-order valence-electron chi connectivity index (χ1n) is 11.2. The van der Waals surface area contributed by atoms with E-state index < -0.39 is 0 Å². The van der Waals surface area contributed by atoms with Gasteiger partial charge in [-0.15, -0.1) is 0 Å². The van der Waals surface area contributed by atoms with Crippen molar-refractivity contribution in [1.29, 1.82) is 0 Å². The van der Waals surface area contributed by atoms with Gasteiger partial charge >= 0.3 is 0 Å². The molecule has 0 spiro atoms. The quantitative estimate of drug-likeness (QED) is 0.335. The van der Waals surface area contributed by atoms with Gasteiger partial charge in [0.25, 0.3) is 0 Å². The summed E-state index contributed by atoms with van der Waals surface area (Å²) < 4.78 is 16.3. The van der Waals surface area contributed by atoms with Gasteiger partial charge in [0.15, 0.2) is 0 Å². The number of hydrogen-bond acceptors (Lipinski definition) is 4. The Labute approximate surface area is 182 Å². The van der Waals surface area contributed by atoms with E-state index in [0.717, 1.165) is 19.3 Å². The zero-order valence-electron chi connectivity index (χ0n) is 19.6. The van der Waals surface area contributed by atoms with Gasteiger partial charge in [0, 0.05) is 18.1 Å². The number of benzene rings is 1. The molecular weight excluding hydrogens is 378 g/mol. The molecule has 0 fully saturated rings. The number of allylic oxidation sites excluding steroid dienone is 2. The van der Waals surface area contributed by atoms with Gasteiger partial charge in [0.1, 0.15) is 22.9 Å². The third-order valence-corrected chi connectivity index (χ3v) is 6.37. The third kappa shape index (κ3) is 6.16. The number of rotatable bonds is 11.